The van der Waals surface area contributed by atoms with Crippen LogP contribution in [0, 0.1) is 6.92 Å². The van der Waals surface area contributed by atoms with E-state index in [4.69, 9.17) is 33.3 Å². The fourth-order valence-corrected chi connectivity index (χ4v) is 5.34. The van der Waals surface area contributed by atoms with Crippen molar-refractivity contribution < 1.29 is 19.1 Å². The van der Waals surface area contributed by atoms with Gasteiger partial charge in [0, 0.05) is 10.7 Å². The van der Waals surface area contributed by atoms with Crippen molar-refractivity contribution in [2.24, 2.45) is 0 Å². The minimum Gasteiger partial charge on any atom is -0.484 e. The highest BCUT2D eigenvalue weighted by atomic mass is 35.5. The predicted octanol–water partition coefficient (Wildman–Crippen LogP) is 7.86. The van der Waals surface area contributed by atoms with Crippen molar-refractivity contribution in [3.8, 4) is 17.2 Å². The lowest BCUT2D eigenvalue weighted by Gasteiger charge is -2.15. The highest BCUT2D eigenvalue weighted by molar-refractivity contribution is 8.27. The van der Waals surface area contributed by atoms with E-state index in [1.165, 1.54) is 16.7 Å². The summed E-state index contributed by atoms with van der Waals surface area (Å²) in [4.78, 5) is 27.5. The number of nitrogens with one attached hydrogen (secondary N) is 1. The fourth-order valence-electron chi connectivity index (χ4n) is 3.87. The first-order chi connectivity index (χ1) is 19.4. The van der Waals surface area contributed by atoms with E-state index < -0.39 is 0 Å². The van der Waals surface area contributed by atoms with Gasteiger partial charge in [0.1, 0.15) is 17.2 Å². The van der Waals surface area contributed by atoms with Crippen LogP contribution in [0.4, 0.5) is 11.4 Å². The molecule has 9 heteroatoms. The van der Waals surface area contributed by atoms with Gasteiger partial charge in [-0.3, -0.25) is 14.5 Å². The van der Waals surface area contributed by atoms with Crippen LogP contribution < -0.4 is 19.7 Å². The standard InChI is InChI=1S/C31H23ClN2O4S2/c1-20-26(32)8-5-9-27(20)33-29(35)19-37-23-14-10-21(11-15-23)18-28-30(36)34(31(39)40-28)22-12-16-25(17-13-22)38-24-6-3-2-4-7-24/h2-18H,19H2,1H3,(H,33,35)/b28-18-. The highest BCUT2D eigenvalue weighted by Gasteiger charge is 2.33. The minimum atomic E-state index is -0.294. The number of rotatable bonds is 8. The molecule has 1 aliphatic heterocycles. The molecule has 0 unspecified atom stereocenters. The smallest absolute Gasteiger partial charge is 0.270 e. The van der Waals surface area contributed by atoms with E-state index in [9.17, 15) is 9.59 Å². The summed E-state index contributed by atoms with van der Waals surface area (Å²) in [7, 11) is 0. The molecule has 1 aliphatic rings. The second kappa shape index (κ2) is 12.4. The van der Waals surface area contributed by atoms with Gasteiger partial charge >= 0.3 is 0 Å². The molecule has 0 saturated carbocycles. The lowest BCUT2D eigenvalue weighted by molar-refractivity contribution is -0.118. The third-order valence-corrected chi connectivity index (χ3v) is 7.67. The van der Waals surface area contributed by atoms with Crippen LogP contribution in [0.25, 0.3) is 6.08 Å². The fraction of sp³-hybridized carbons (Fsp3) is 0.0645. The first-order valence-corrected chi connectivity index (χ1v) is 13.9. The Morgan fingerprint density at radius 2 is 1.60 bits per heavy atom. The Morgan fingerprint density at radius 1 is 0.925 bits per heavy atom. The molecule has 1 saturated heterocycles. The topological polar surface area (TPSA) is 67.9 Å². The van der Waals surface area contributed by atoms with Gasteiger partial charge < -0.3 is 14.8 Å². The average molecular weight is 587 g/mol. The molecular formula is C31H23ClN2O4S2. The maximum atomic E-state index is 13.2. The minimum absolute atomic E-state index is 0.154. The molecule has 5 rings (SSSR count). The van der Waals surface area contributed by atoms with Crippen molar-refractivity contribution in [1.82, 2.24) is 0 Å². The molecule has 0 bridgehead atoms. The Balaban J connectivity index is 1.19. The summed E-state index contributed by atoms with van der Waals surface area (Å²) in [5.74, 6) is 1.43. The lowest BCUT2D eigenvalue weighted by Crippen LogP contribution is -2.27. The van der Waals surface area contributed by atoms with Crippen molar-refractivity contribution in [2.75, 3.05) is 16.8 Å². The van der Waals surface area contributed by atoms with E-state index in [0.29, 0.717) is 37.1 Å². The number of thiocarbonyl (C=S) groups is 1. The lowest BCUT2D eigenvalue weighted by atomic mass is 10.2. The van der Waals surface area contributed by atoms with Gasteiger partial charge in [-0.05, 0) is 84.8 Å². The van der Waals surface area contributed by atoms with Gasteiger partial charge in [0.25, 0.3) is 11.8 Å². The molecule has 1 heterocycles. The van der Waals surface area contributed by atoms with E-state index in [1.54, 1.807) is 48.5 Å². The summed E-state index contributed by atoms with van der Waals surface area (Å²) < 4.78 is 11.9. The van der Waals surface area contributed by atoms with Crippen LogP contribution in [0.3, 0.4) is 0 Å². The van der Waals surface area contributed by atoms with Gasteiger partial charge in [-0.25, -0.2) is 0 Å². The Labute approximate surface area is 246 Å². The van der Waals surface area contributed by atoms with E-state index >= 15 is 0 Å². The highest BCUT2D eigenvalue weighted by Crippen LogP contribution is 2.37. The summed E-state index contributed by atoms with van der Waals surface area (Å²) in [5, 5.41) is 3.38. The SMILES string of the molecule is Cc1c(Cl)cccc1NC(=O)COc1ccc(/C=C2\SC(=S)N(c3ccc(Oc4ccccc4)cc3)C2=O)cc1. The van der Waals surface area contributed by atoms with Crippen LogP contribution >= 0.6 is 35.6 Å². The molecule has 1 N–H and O–H groups in total. The normalized spacial score (nSPS) is 13.9. The van der Waals surface area contributed by atoms with Crippen LogP contribution in [0.1, 0.15) is 11.1 Å². The van der Waals surface area contributed by atoms with Crippen LogP contribution in [0.15, 0.2) is 102 Å². The van der Waals surface area contributed by atoms with Crippen LogP contribution in [0.2, 0.25) is 5.02 Å². The quantitative estimate of drug-likeness (QED) is 0.167. The first-order valence-electron chi connectivity index (χ1n) is 12.3. The molecule has 1 fully saturated rings. The molecule has 4 aromatic rings. The second-order valence-corrected chi connectivity index (χ2v) is 10.8. The molecule has 2 amide bonds. The van der Waals surface area contributed by atoms with Crippen LogP contribution in [-0.2, 0) is 9.59 Å². The third kappa shape index (κ3) is 6.54. The van der Waals surface area contributed by atoms with E-state index in [2.05, 4.69) is 5.32 Å². The molecule has 4 aromatic carbocycles. The number of amides is 2. The van der Waals surface area contributed by atoms with Gasteiger partial charge in [0.2, 0.25) is 0 Å². The van der Waals surface area contributed by atoms with Crippen LogP contribution in [0.5, 0.6) is 17.2 Å². The van der Waals surface area contributed by atoms with Crippen LogP contribution in [-0.4, -0.2) is 22.7 Å². The maximum Gasteiger partial charge on any atom is 0.270 e. The molecular weight excluding hydrogens is 564 g/mol. The Morgan fingerprint density at radius 3 is 2.33 bits per heavy atom. The Hall–Kier alpha value is -4.11. The Bertz CT molecular complexity index is 1590. The number of halogens is 1. The number of hydrogen-bond acceptors (Lipinski definition) is 6. The number of carbonyl (C=O) groups excluding carboxylic acids is 2. The van der Waals surface area contributed by atoms with E-state index in [-0.39, 0.29) is 18.4 Å². The number of anilines is 2. The van der Waals surface area contributed by atoms with Crippen molar-refractivity contribution >= 4 is 69.2 Å². The molecule has 0 aliphatic carbocycles. The molecule has 200 valence electrons. The summed E-state index contributed by atoms with van der Waals surface area (Å²) in [6, 6.07) is 29.2. The zero-order valence-corrected chi connectivity index (χ0v) is 23.7. The second-order valence-electron chi connectivity index (χ2n) is 8.74. The van der Waals surface area contributed by atoms with Gasteiger partial charge in [0.05, 0.1) is 10.6 Å². The third-order valence-electron chi connectivity index (χ3n) is 5.96. The van der Waals surface area contributed by atoms with Gasteiger partial charge in [-0.2, -0.15) is 0 Å². The summed E-state index contributed by atoms with van der Waals surface area (Å²) in [6.07, 6.45) is 1.78. The largest absolute Gasteiger partial charge is 0.484 e. The van der Waals surface area contributed by atoms with E-state index in [1.807, 2.05) is 61.5 Å². The number of ether oxygens (including phenoxy) is 2. The predicted molar refractivity (Wildman–Crippen MR) is 165 cm³/mol. The monoisotopic (exact) mass is 586 g/mol. The van der Waals surface area contributed by atoms with E-state index in [0.717, 1.165) is 16.9 Å². The zero-order valence-electron chi connectivity index (χ0n) is 21.3. The van der Waals surface area contributed by atoms with Gasteiger partial charge in [0.15, 0.2) is 10.9 Å². The molecule has 0 radical (unpaired) electrons. The summed E-state index contributed by atoms with van der Waals surface area (Å²) >= 11 is 12.9. The first kappa shape index (κ1) is 27.5. The number of benzene rings is 4. The van der Waals surface area contributed by atoms with Gasteiger partial charge in [-0.15, -0.1) is 0 Å². The Kier molecular flexibility index (Phi) is 8.50. The molecule has 0 atom stereocenters. The number of para-hydroxylation sites is 1. The molecule has 0 aromatic heterocycles. The molecule has 40 heavy (non-hydrogen) atoms. The summed E-state index contributed by atoms with van der Waals surface area (Å²) in [5.41, 5.74) is 2.91. The molecule has 6 nitrogen and oxygen atoms in total. The summed E-state index contributed by atoms with van der Waals surface area (Å²) in [6.45, 7) is 1.68. The number of thioether (sulfide) groups is 1. The maximum absolute atomic E-state index is 13.2. The van der Waals surface area contributed by atoms with Crippen molar-refractivity contribution in [2.45, 2.75) is 6.92 Å². The number of nitrogens with zero attached hydrogens (tertiary/aromatic N) is 1. The number of carbonyl (C=O) groups is 2. The van der Waals surface area contributed by atoms with Crippen molar-refractivity contribution in [1.29, 1.82) is 0 Å². The van der Waals surface area contributed by atoms with Crippen molar-refractivity contribution in [3.63, 3.8) is 0 Å². The van der Waals surface area contributed by atoms with Gasteiger partial charge in [-0.1, -0.05) is 72.0 Å². The number of hydrogen-bond donors (Lipinski definition) is 1. The zero-order chi connectivity index (χ0) is 28.1. The average Bonchev–Trinajstić information content (AvgIpc) is 3.24. The molecule has 0 spiro atoms. The van der Waals surface area contributed by atoms with Crippen molar-refractivity contribution in [3.05, 3.63) is 118 Å².